The largest absolute Gasteiger partial charge is 0.370 e. The molecule has 0 aliphatic heterocycles. The van der Waals surface area contributed by atoms with Gasteiger partial charge in [-0.3, -0.25) is 10.1 Å². The summed E-state index contributed by atoms with van der Waals surface area (Å²) in [4.78, 5) is 15.2. The Labute approximate surface area is 111 Å². The van der Waals surface area contributed by atoms with Gasteiger partial charge in [-0.1, -0.05) is 6.92 Å². The van der Waals surface area contributed by atoms with E-state index in [2.05, 4.69) is 23.3 Å². The van der Waals surface area contributed by atoms with E-state index in [4.69, 9.17) is 0 Å². The average Bonchev–Trinajstić information content (AvgIpc) is 2.39. The summed E-state index contributed by atoms with van der Waals surface area (Å²) in [6, 6.07) is 5.37. The van der Waals surface area contributed by atoms with Gasteiger partial charge in [0.15, 0.2) is 0 Å². The van der Waals surface area contributed by atoms with Crippen molar-refractivity contribution >= 4 is 22.4 Å². The second kappa shape index (κ2) is 5.22. The third kappa shape index (κ3) is 2.36. The maximum atomic E-state index is 11.0. The molecule has 19 heavy (non-hydrogen) atoms. The Hall–Kier alpha value is -2.17. The molecule has 0 fully saturated rings. The van der Waals surface area contributed by atoms with Crippen molar-refractivity contribution in [1.29, 1.82) is 0 Å². The van der Waals surface area contributed by atoms with Crippen LogP contribution in [0.1, 0.15) is 25.0 Å². The lowest BCUT2D eigenvalue weighted by molar-refractivity contribution is -0.385. The zero-order valence-electron chi connectivity index (χ0n) is 11.4. The number of benzene rings is 1. The number of nitrogens with one attached hydrogen (secondary N) is 1. The minimum Gasteiger partial charge on any atom is -0.370 e. The highest BCUT2D eigenvalue weighted by molar-refractivity contribution is 5.87. The number of aromatic nitrogens is 1. The van der Waals surface area contributed by atoms with Gasteiger partial charge in [0.05, 0.1) is 16.0 Å². The maximum Gasteiger partial charge on any atom is 0.274 e. The van der Waals surface area contributed by atoms with Gasteiger partial charge in [0.1, 0.15) is 5.82 Å². The first kappa shape index (κ1) is 13.3. The molecular formula is C14H17N3O2. The summed E-state index contributed by atoms with van der Waals surface area (Å²) in [6.45, 7) is 6.60. The lowest BCUT2D eigenvalue weighted by atomic mass is 10.1. The molecule has 0 saturated carbocycles. The Morgan fingerprint density at radius 2 is 2.11 bits per heavy atom. The van der Waals surface area contributed by atoms with Crippen LogP contribution in [-0.2, 0) is 6.42 Å². The van der Waals surface area contributed by atoms with Crippen LogP contribution in [0, 0.1) is 17.0 Å². The van der Waals surface area contributed by atoms with Crippen LogP contribution in [0.5, 0.6) is 0 Å². The maximum absolute atomic E-state index is 11.0. The fourth-order valence-electron chi connectivity index (χ4n) is 2.20. The summed E-state index contributed by atoms with van der Waals surface area (Å²) in [5, 5.41) is 15.1. The van der Waals surface area contributed by atoms with Gasteiger partial charge in [-0.15, -0.1) is 0 Å². The van der Waals surface area contributed by atoms with Crippen molar-refractivity contribution in [3.05, 3.63) is 39.4 Å². The summed E-state index contributed by atoms with van der Waals surface area (Å²) in [5.74, 6) is 0.820. The van der Waals surface area contributed by atoms with Crippen molar-refractivity contribution in [3.63, 3.8) is 0 Å². The molecule has 1 N–H and O–H groups in total. The smallest absolute Gasteiger partial charge is 0.274 e. The Kier molecular flexibility index (Phi) is 3.64. The number of aryl methyl sites for hydroxylation is 2. The highest BCUT2D eigenvalue weighted by Crippen LogP contribution is 2.28. The monoisotopic (exact) mass is 259 g/mol. The first-order chi connectivity index (χ1) is 9.08. The van der Waals surface area contributed by atoms with Gasteiger partial charge >= 0.3 is 0 Å². The summed E-state index contributed by atoms with van der Waals surface area (Å²) in [7, 11) is 0. The predicted octanol–water partition coefficient (Wildman–Crippen LogP) is 3.45. The molecule has 0 radical (unpaired) electrons. The number of fused-ring (bicyclic) bond motifs is 1. The number of hydrogen-bond donors (Lipinski definition) is 1. The topological polar surface area (TPSA) is 68.1 Å². The number of pyridine rings is 1. The summed E-state index contributed by atoms with van der Waals surface area (Å²) < 4.78 is 0. The van der Waals surface area contributed by atoms with E-state index in [-0.39, 0.29) is 10.6 Å². The average molecular weight is 259 g/mol. The normalized spacial score (nSPS) is 10.7. The van der Waals surface area contributed by atoms with E-state index in [1.54, 1.807) is 19.1 Å². The van der Waals surface area contributed by atoms with Gasteiger partial charge in [-0.05, 0) is 38.0 Å². The van der Waals surface area contributed by atoms with Crippen LogP contribution in [0.3, 0.4) is 0 Å². The zero-order chi connectivity index (χ0) is 14.0. The van der Waals surface area contributed by atoms with Gasteiger partial charge in [0, 0.05) is 18.0 Å². The second-order valence-electron chi connectivity index (χ2n) is 4.42. The third-order valence-electron chi connectivity index (χ3n) is 3.21. The first-order valence-electron chi connectivity index (χ1n) is 6.40. The van der Waals surface area contributed by atoms with Gasteiger partial charge in [0.2, 0.25) is 0 Å². The van der Waals surface area contributed by atoms with Gasteiger partial charge in [-0.2, -0.15) is 0 Å². The molecule has 1 aromatic carbocycles. The van der Waals surface area contributed by atoms with Gasteiger partial charge in [0.25, 0.3) is 5.69 Å². The molecule has 0 saturated heterocycles. The van der Waals surface area contributed by atoms with E-state index >= 15 is 0 Å². The minimum absolute atomic E-state index is 0.117. The minimum atomic E-state index is -0.364. The van der Waals surface area contributed by atoms with E-state index in [0.717, 1.165) is 29.7 Å². The van der Waals surface area contributed by atoms with Crippen molar-refractivity contribution in [2.24, 2.45) is 0 Å². The quantitative estimate of drug-likeness (QED) is 0.674. The molecule has 100 valence electrons. The number of nitrogens with zero attached hydrogens (tertiary/aromatic N) is 2. The van der Waals surface area contributed by atoms with Crippen molar-refractivity contribution in [3.8, 4) is 0 Å². The van der Waals surface area contributed by atoms with Gasteiger partial charge < -0.3 is 5.32 Å². The van der Waals surface area contributed by atoms with Crippen LogP contribution in [-0.4, -0.2) is 16.5 Å². The van der Waals surface area contributed by atoms with E-state index in [1.165, 1.54) is 0 Å². The van der Waals surface area contributed by atoms with Crippen LogP contribution in [0.15, 0.2) is 18.2 Å². The molecular weight excluding hydrogens is 242 g/mol. The number of nitro benzene ring substituents is 1. The standard InChI is InChI=1S/C14H17N3O2/c1-4-10-8-11-6-7-12(17(18)19)9(3)13(11)16-14(10)15-5-2/h6-8H,4-5H2,1-3H3,(H,15,16). The summed E-state index contributed by atoms with van der Waals surface area (Å²) in [6.07, 6.45) is 0.876. The highest BCUT2D eigenvalue weighted by atomic mass is 16.6. The molecule has 1 heterocycles. The molecule has 0 amide bonds. The van der Waals surface area contributed by atoms with Gasteiger partial charge in [-0.25, -0.2) is 4.98 Å². The van der Waals surface area contributed by atoms with E-state index in [9.17, 15) is 10.1 Å². The van der Waals surface area contributed by atoms with Crippen molar-refractivity contribution < 1.29 is 4.92 Å². The summed E-state index contributed by atoms with van der Waals surface area (Å²) in [5.41, 5.74) is 2.56. The summed E-state index contributed by atoms with van der Waals surface area (Å²) >= 11 is 0. The fraction of sp³-hybridized carbons (Fsp3) is 0.357. The molecule has 0 bridgehead atoms. The molecule has 2 rings (SSSR count). The molecule has 0 atom stereocenters. The van der Waals surface area contributed by atoms with E-state index in [1.807, 2.05) is 6.92 Å². The molecule has 5 nitrogen and oxygen atoms in total. The number of anilines is 1. The Morgan fingerprint density at radius 3 is 2.68 bits per heavy atom. The molecule has 0 aliphatic carbocycles. The van der Waals surface area contributed by atoms with Crippen LogP contribution in [0.2, 0.25) is 0 Å². The van der Waals surface area contributed by atoms with Crippen molar-refractivity contribution in [2.45, 2.75) is 27.2 Å². The number of rotatable bonds is 4. The second-order valence-corrected chi connectivity index (χ2v) is 4.42. The van der Waals surface area contributed by atoms with E-state index in [0.29, 0.717) is 11.1 Å². The molecule has 0 unspecified atom stereocenters. The first-order valence-corrected chi connectivity index (χ1v) is 6.40. The Bertz CT molecular complexity index is 638. The fourth-order valence-corrected chi connectivity index (χ4v) is 2.20. The number of hydrogen-bond acceptors (Lipinski definition) is 4. The third-order valence-corrected chi connectivity index (χ3v) is 3.21. The lowest BCUT2D eigenvalue weighted by Crippen LogP contribution is -2.04. The SMILES string of the molecule is CCNc1nc2c(C)c([N+](=O)[O-])ccc2cc1CC. The Morgan fingerprint density at radius 1 is 1.37 bits per heavy atom. The van der Waals surface area contributed by atoms with Crippen LogP contribution in [0.25, 0.3) is 10.9 Å². The molecule has 2 aromatic rings. The number of nitro groups is 1. The van der Waals surface area contributed by atoms with Crippen molar-refractivity contribution in [2.75, 3.05) is 11.9 Å². The van der Waals surface area contributed by atoms with E-state index < -0.39 is 0 Å². The van der Waals surface area contributed by atoms with Crippen LogP contribution < -0.4 is 5.32 Å². The van der Waals surface area contributed by atoms with Crippen LogP contribution in [0.4, 0.5) is 11.5 Å². The molecule has 1 aromatic heterocycles. The molecule has 0 aliphatic rings. The Balaban J connectivity index is 2.71. The molecule has 0 spiro atoms. The lowest BCUT2D eigenvalue weighted by Gasteiger charge is -2.11. The zero-order valence-corrected chi connectivity index (χ0v) is 11.4. The van der Waals surface area contributed by atoms with Crippen LogP contribution >= 0.6 is 0 Å². The van der Waals surface area contributed by atoms with Crippen molar-refractivity contribution in [1.82, 2.24) is 4.98 Å². The molecule has 5 heteroatoms. The highest BCUT2D eigenvalue weighted by Gasteiger charge is 2.15. The predicted molar refractivity (Wildman–Crippen MR) is 76.7 cm³/mol.